The van der Waals surface area contributed by atoms with Crippen LogP contribution >= 0.6 is 0 Å². The molecule has 1 rings (SSSR count). The molecule has 106 valence electrons. The van der Waals surface area contributed by atoms with Gasteiger partial charge < -0.3 is 24.6 Å². The standard InChI is InChI=1S/C13H19NO5/c1-17-11-4-3-10(9-12(11)18-2)5-6-14-13(16)19-8-7-15/h3-4,9,15H,5-8H2,1-2H3,(H,14,16). The summed E-state index contributed by atoms with van der Waals surface area (Å²) < 4.78 is 15.0. The largest absolute Gasteiger partial charge is 0.493 e. The van der Waals surface area contributed by atoms with Crippen molar-refractivity contribution in [2.45, 2.75) is 6.42 Å². The Morgan fingerprint density at radius 3 is 2.63 bits per heavy atom. The second-order valence-corrected chi connectivity index (χ2v) is 3.73. The Morgan fingerprint density at radius 1 is 1.26 bits per heavy atom. The van der Waals surface area contributed by atoms with E-state index in [9.17, 15) is 4.79 Å². The summed E-state index contributed by atoms with van der Waals surface area (Å²) in [7, 11) is 3.16. The van der Waals surface area contributed by atoms with Gasteiger partial charge in [0, 0.05) is 6.54 Å². The van der Waals surface area contributed by atoms with Crippen LogP contribution in [0.1, 0.15) is 5.56 Å². The summed E-state index contributed by atoms with van der Waals surface area (Å²) in [5, 5.41) is 11.1. The van der Waals surface area contributed by atoms with Gasteiger partial charge in [0.2, 0.25) is 0 Å². The first-order chi connectivity index (χ1) is 9.21. The number of hydrogen-bond donors (Lipinski definition) is 2. The molecule has 0 radical (unpaired) electrons. The predicted octanol–water partition coefficient (Wildman–Crippen LogP) is 0.965. The van der Waals surface area contributed by atoms with Gasteiger partial charge in [-0.2, -0.15) is 0 Å². The second kappa shape index (κ2) is 8.20. The first kappa shape index (κ1) is 15.1. The molecule has 2 N–H and O–H groups in total. The Morgan fingerprint density at radius 2 is 2.00 bits per heavy atom. The summed E-state index contributed by atoms with van der Waals surface area (Å²) in [6.07, 6.45) is 0.115. The zero-order valence-corrected chi connectivity index (χ0v) is 11.1. The Kier molecular flexibility index (Phi) is 6.52. The molecule has 0 unspecified atom stereocenters. The minimum Gasteiger partial charge on any atom is -0.493 e. The highest BCUT2D eigenvalue weighted by Gasteiger charge is 2.05. The highest BCUT2D eigenvalue weighted by molar-refractivity contribution is 5.67. The number of amides is 1. The smallest absolute Gasteiger partial charge is 0.407 e. The molecule has 0 atom stereocenters. The van der Waals surface area contributed by atoms with E-state index in [1.165, 1.54) is 0 Å². The van der Waals surface area contributed by atoms with Gasteiger partial charge >= 0.3 is 6.09 Å². The number of rotatable bonds is 7. The number of hydrogen-bond acceptors (Lipinski definition) is 5. The summed E-state index contributed by atoms with van der Waals surface area (Å²) in [6.45, 7) is 0.269. The van der Waals surface area contributed by atoms with Crippen LogP contribution in [0.3, 0.4) is 0 Å². The SMILES string of the molecule is COc1ccc(CCNC(=O)OCCO)cc1OC. The van der Waals surface area contributed by atoms with Gasteiger partial charge in [-0.3, -0.25) is 0 Å². The Labute approximate surface area is 112 Å². The lowest BCUT2D eigenvalue weighted by Gasteiger charge is -2.10. The van der Waals surface area contributed by atoms with Crippen molar-refractivity contribution >= 4 is 6.09 Å². The summed E-state index contributed by atoms with van der Waals surface area (Å²) in [6, 6.07) is 5.58. The Bertz CT molecular complexity index is 408. The molecule has 0 saturated heterocycles. The van der Waals surface area contributed by atoms with Crippen molar-refractivity contribution in [2.75, 3.05) is 34.0 Å². The lowest BCUT2D eigenvalue weighted by molar-refractivity contribution is 0.119. The van der Waals surface area contributed by atoms with Crippen molar-refractivity contribution in [2.24, 2.45) is 0 Å². The van der Waals surface area contributed by atoms with Crippen LogP contribution in [0.2, 0.25) is 0 Å². The molecule has 1 aromatic rings. The van der Waals surface area contributed by atoms with Crippen LogP contribution in [0.25, 0.3) is 0 Å². The van der Waals surface area contributed by atoms with Gasteiger partial charge in [-0.25, -0.2) is 4.79 Å². The summed E-state index contributed by atoms with van der Waals surface area (Å²) in [5.41, 5.74) is 1.01. The van der Waals surface area contributed by atoms with E-state index >= 15 is 0 Å². The van der Waals surface area contributed by atoms with E-state index in [-0.39, 0.29) is 13.2 Å². The first-order valence-electron chi connectivity index (χ1n) is 5.93. The van der Waals surface area contributed by atoms with Crippen molar-refractivity contribution in [3.8, 4) is 11.5 Å². The van der Waals surface area contributed by atoms with E-state index in [0.717, 1.165) is 5.56 Å². The van der Waals surface area contributed by atoms with Crippen molar-refractivity contribution in [1.29, 1.82) is 0 Å². The molecule has 0 saturated carbocycles. The van der Waals surface area contributed by atoms with Gasteiger partial charge in [-0.05, 0) is 24.1 Å². The van der Waals surface area contributed by atoms with Crippen LogP contribution < -0.4 is 14.8 Å². The van der Waals surface area contributed by atoms with Gasteiger partial charge in [0.25, 0.3) is 0 Å². The van der Waals surface area contributed by atoms with Crippen LogP contribution in [0.15, 0.2) is 18.2 Å². The van der Waals surface area contributed by atoms with Gasteiger partial charge in [-0.1, -0.05) is 6.07 Å². The second-order valence-electron chi connectivity index (χ2n) is 3.73. The number of carbonyl (C=O) groups is 1. The molecule has 0 spiro atoms. The molecule has 6 heteroatoms. The number of alkyl carbamates (subject to hydrolysis) is 1. The molecule has 0 aliphatic heterocycles. The number of aliphatic hydroxyl groups excluding tert-OH is 1. The van der Waals surface area contributed by atoms with Crippen LogP contribution in [-0.4, -0.2) is 45.2 Å². The minimum atomic E-state index is -0.533. The third-order valence-electron chi connectivity index (χ3n) is 2.46. The highest BCUT2D eigenvalue weighted by Crippen LogP contribution is 2.27. The lowest BCUT2D eigenvalue weighted by Crippen LogP contribution is -2.27. The van der Waals surface area contributed by atoms with Gasteiger partial charge in [0.1, 0.15) is 6.61 Å². The average Bonchev–Trinajstić information content (AvgIpc) is 2.44. The van der Waals surface area contributed by atoms with Gasteiger partial charge in [0.05, 0.1) is 20.8 Å². The molecule has 0 aliphatic carbocycles. The molecular formula is C13H19NO5. The molecule has 0 aromatic heterocycles. The van der Waals surface area contributed by atoms with E-state index in [1.54, 1.807) is 14.2 Å². The summed E-state index contributed by atoms with van der Waals surface area (Å²) >= 11 is 0. The summed E-state index contributed by atoms with van der Waals surface area (Å²) in [4.78, 5) is 11.1. The highest BCUT2D eigenvalue weighted by atomic mass is 16.6. The topological polar surface area (TPSA) is 77.0 Å². The van der Waals surface area contributed by atoms with Crippen LogP contribution in [0.4, 0.5) is 4.79 Å². The number of aliphatic hydroxyl groups is 1. The normalized spacial score (nSPS) is 9.84. The minimum absolute atomic E-state index is 0.00217. The number of nitrogens with one attached hydrogen (secondary N) is 1. The molecular weight excluding hydrogens is 250 g/mol. The molecule has 19 heavy (non-hydrogen) atoms. The summed E-state index contributed by atoms with van der Waals surface area (Å²) in [5.74, 6) is 1.32. The average molecular weight is 269 g/mol. The van der Waals surface area contributed by atoms with E-state index < -0.39 is 6.09 Å². The molecule has 0 fully saturated rings. The van der Waals surface area contributed by atoms with Crippen LogP contribution in [0, 0.1) is 0 Å². The van der Waals surface area contributed by atoms with Crippen molar-refractivity contribution in [3.05, 3.63) is 23.8 Å². The van der Waals surface area contributed by atoms with E-state index in [4.69, 9.17) is 14.6 Å². The Balaban J connectivity index is 2.43. The number of benzene rings is 1. The van der Waals surface area contributed by atoms with Crippen molar-refractivity contribution in [1.82, 2.24) is 5.32 Å². The maximum absolute atomic E-state index is 11.1. The number of carbonyl (C=O) groups excluding carboxylic acids is 1. The van der Waals surface area contributed by atoms with Crippen molar-refractivity contribution < 1.29 is 24.1 Å². The maximum Gasteiger partial charge on any atom is 0.407 e. The maximum atomic E-state index is 11.1. The molecule has 1 amide bonds. The predicted molar refractivity (Wildman–Crippen MR) is 69.7 cm³/mol. The zero-order chi connectivity index (χ0) is 14.1. The van der Waals surface area contributed by atoms with Gasteiger partial charge in [-0.15, -0.1) is 0 Å². The van der Waals surface area contributed by atoms with E-state index in [2.05, 4.69) is 10.1 Å². The third kappa shape index (κ3) is 5.05. The fraction of sp³-hybridized carbons (Fsp3) is 0.462. The van der Waals surface area contributed by atoms with E-state index in [0.29, 0.717) is 24.5 Å². The van der Waals surface area contributed by atoms with Crippen LogP contribution in [0.5, 0.6) is 11.5 Å². The van der Waals surface area contributed by atoms with E-state index in [1.807, 2.05) is 18.2 Å². The Hall–Kier alpha value is -1.95. The zero-order valence-electron chi connectivity index (χ0n) is 11.1. The quantitative estimate of drug-likeness (QED) is 0.771. The first-order valence-corrected chi connectivity index (χ1v) is 5.93. The molecule has 0 heterocycles. The van der Waals surface area contributed by atoms with Gasteiger partial charge in [0.15, 0.2) is 11.5 Å². The number of methoxy groups -OCH3 is 2. The molecule has 0 aliphatic rings. The lowest BCUT2D eigenvalue weighted by atomic mass is 10.1. The third-order valence-corrected chi connectivity index (χ3v) is 2.46. The molecule has 0 bridgehead atoms. The monoisotopic (exact) mass is 269 g/mol. The number of ether oxygens (including phenoxy) is 3. The fourth-order valence-corrected chi connectivity index (χ4v) is 1.53. The van der Waals surface area contributed by atoms with Crippen LogP contribution in [-0.2, 0) is 11.2 Å². The van der Waals surface area contributed by atoms with Crippen molar-refractivity contribution in [3.63, 3.8) is 0 Å². The molecule has 1 aromatic carbocycles. The fourth-order valence-electron chi connectivity index (χ4n) is 1.53. The molecule has 6 nitrogen and oxygen atoms in total.